The molecule has 0 aliphatic rings. The molecule has 0 heterocycles. The van der Waals surface area contributed by atoms with Crippen LogP contribution in [0.2, 0.25) is 0 Å². The Morgan fingerprint density at radius 2 is 1.71 bits per heavy atom. The highest BCUT2D eigenvalue weighted by atomic mass is 19.1. The molecule has 1 unspecified atom stereocenters. The van der Waals surface area contributed by atoms with Crippen LogP contribution in [0.4, 0.5) is 8.78 Å². The predicted octanol–water partition coefficient (Wildman–Crippen LogP) is 4.80. The molecular formula is C17H19F2NO. The van der Waals surface area contributed by atoms with Crippen LogP contribution in [0.3, 0.4) is 0 Å². The topological polar surface area (TPSA) is 35.2 Å². The summed E-state index contributed by atoms with van der Waals surface area (Å²) < 4.78 is 33.6. The van der Waals surface area contributed by atoms with Crippen molar-refractivity contribution in [2.24, 2.45) is 11.7 Å². The molecular weight excluding hydrogens is 272 g/mol. The minimum Gasteiger partial charge on any atom is -0.451 e. The Kier molecular flexibility index (Phi) is 4.91. The van der Waals surface area contributed by atoms with Crippen molar-refractivity contribution in [3.8, 4) is 11.5 Å². The summed E-state index contributed by atoms with van der Waals surface area (Å²) in [6.45, 7) is 4.01. The highest BCUT2D eigenvalue weighted by molar-refractivity contribution is 5.38. The Morgan fingerprint density at radius 1 is 1.05 bits per heavy atom. The third-order valence-corrected chi connectivity index (χ3v) is 3.17. The normalized spacial score (nSPS) is 12.5. The SMILES string of the molecule is CC(C)CC(N)c1ccc(F)c(Oc2ccccc2)c1F. The highest BCUT2D eigenvalue weighted by Gasteiger charge is 2.20. The van der Waals surface area contributed by atoms with E-state index in [4.69, 9.17) is 10.5 Å². The summed E-state index contributed by atoms with van der Waals surface area (Å²) in [6, 6.07) is 10.6. The van der Waals surface area contributed by atoms with E-state index >= 15 is 0 Å². The zero-order chi connectivity index (χ0) is 15.4. The average Bonchev–Trinajstić information content (AvgIpc) is 2.43. The van der Waals surface area contributed by atoms with Gasteiger partial charge in [0.2, 0.25) is 0 Å². The maximum atomic E-state index is 14.5. The maximum absolute atomic E-state index is 14.5. The van der Waals surface area contributed by atoms with E-state index in [-0.39, 0.29) is 5.56 Å². The zero-order valence-electron chi connectivity index (χ0n) is 12.1. The Labute approximate surface area is 123 Å². The van der Waals surface area contributed by atoms with Crippen LogP contribution in [-0.2, 0) is 0 Å². The van der Waals surface area contributed by atoms with Crippen LogP contribution < -0.4 is 10.5 Å². The summed E-state index contributed by atoms with van der Waals surface area (Å²) in [6.07, 6.45) is 0.618. The van der Waals surface area contributed by atoms with Crippen LogP contribution in [0.15, 0.2) is 42.5 Å². The van der Waals surface area contributed by atoms with E-state index in [1.54, 1.807) is 30.3 Å². The van der Waals surface area contributed by atoms with Gasteiger partial charge in [-0.1, -0.05) is 38.1 Å². The molecule has 0 saturated carbocycles. The van der Waals surface area contributed by atoms with Crippen LogP contribution >= 0.6 is 0 Å². The van der Waals surface area contributed by atoms with Gasteiger partial charge in [0, 0.05) is 11.6 Å². The van der Waals surface area contributed by atoms with Gasteiger partial charge in [0.15, 0.2) is 17.4 Å². The van der Waals surface area contributed by atoms with Gasteiger partial charge in [-0.25, -0.2) is 8.78 Å². The first-order chi connectivity index (χ1) is 9.99. The summed E-state index contributed by atoms with van der Waals surface area (Å²) in [4.78, 5) is 0. The standard InChI is InChI=1S/C17H19F2NO/c1-11(2)10-15(20)13-8-9-14(18)17(16(13)19)21-12-6-4-3-5-7-12/h3-9,11,15H,10,20H2,1-2H3. The first-order valence-corrected chi connectivity index (χ1v) is 6.95. The Balaban J connectivity index is 2.33. The lowest BCUT2D eigenvalue weighted by molar-refractivity contribution is 0.397. The molecule has 112 valence electrons. The molecule has 2 aromatic carbocycles. The van der Waals surface area contributed by atoms with Crippen molar-refractivity contribution in [1.82, 2.24) is 0 Å². The Morgan fingerprint density at radius 3 is 2.33 bits per heavy atom. The number of hydrogen-bond donors (Lipinski definition) is 1. The fraction of sp³-hybridized carbons (Fsp3) is 0.294. The molecule has 0 aliphatic heterocycles. The van der Waals surface area contributed by atoms with Gasteiger partial charge >= 0.3 is 0 Å². The third kappa shape index (κ3) is 3.79. The number of rotatable bonds is 5. The molecule has 0 saturated heterocycles. The minimum absolute atomic E-state index is 0.274. The molecule has 0 amide bonds. The van der Waals surface area contributed by atoms with Crippen LogP contribution in [-0.4, -0.2) is 0 Å². The minimum atomic E-state index is -0.739. The molecule has 2 N–H and O–H groups in total. The molecule has 4 heteroatoms. The summed E-state index contributed by atoms with van der Waals surface area (Å²) in [5, 5.41) is 0. The van der Waals surface area contributed by atoms with E-state index < -0.39 is 23.4 Å². The second-order valence-electron chi connectivity index (χ2n) is 5.43. The summed E-state index contributed by atoms with van der Waals surface area (Å²) >= 11 is 0. The molecule has 0 bridgehead atoms. The second kappa shape index (κ2) is 6.68. The van der Waals surface area contributed by atoms with Crippen molar-refractivity contribution < 1.29 is 13.5 Å². The number of nitrogens with two attached hydrogens (primary N) is 1. The lowest BCUT2D eigenvalue weighted by Crippen LogP contribution is -2.15. The monoisotopic (exact) mass is 291 g/mol. The van der Waals surface area contributed by atoms with E-state index in [2.05, 4.69) is 0 Å². The van der Waals surface area contributed by atoms with Crippen LogP contribution in [0.1, 0.15) is 31.9 Å². The lowest BCUT2D eigenvalue weighted by atomic mass is 9.97. The molecule has 1 atom stereocenters. The fourth-order valence-corrected chi connectivity index (χ4v) is 2.17. The number of benzene rings is 2. The smallest absolute Gasteiger partial charge is 0.198 e. The predicted molar refractivity (Wildman–Crippen MR) is 79.3 cm³/mol. The van der Waals surface area contributed by atoms with Crippen molar-refractivity contribution in [2.75, 3.05) is 0 Å². The largest absolute Gasteiger partial charge is 0.451 e. The van der Waals surface area contributed by atoms with E-state index in [0.29, 0.717) is 18.1 Å². The van der Waals surface area contributed by atoms with Crippen molar-refractivity contribution in [2.45, 2.75) is 26.3 Å². The van der Waals surface area contributed by atoms with Gasteiger partial charge in [-0.3, -0.25) is 0 Å². The number of halogens is 2. The number of ether oxygens (including phenoxy) is 1. The summed E-state index contributed by atoms with van der Waals surface area (Å²) in [7, 11) is 0. The van der Waals surface area contributed by atoms with Crippen LogP contribution in [0, 0.1) is 17.6 Å². The van der Waals surface area contributed by atoms with Gasteiger partial charge in [0.1, 0.15) is 5.75 Å². The highest BCUT2D eigenvalue weighted by Crippen LogP contribution is 2.32. The summed E-state index contributed by atoms with van der Waals surface area (Å²) in [5.41, 5.74) is 6.27. The Hall–Kier alpha value is -1.94. The van der Waals surface area contributed by atoms with Gasteiger partial charge in [-0.15, -0.1) is 0 Å². The molecule has 2 rings (SSSR count). The lowest BCUT2D eigenvalue weighted by Gasteiger charge is -2.17. The van der Waals surface area contributed by atoms with E-state index in [1.165, 1.54) is 12.1 Å². The van der Waals surface area contributed by atoms with Crippen molar-refractivity contribution in [3.05, 3.63) is 59.7 Å². The van der Waals surface area contributed by atoms with Crippen molar-refractivity contribution in [1.29, 1.82) is 0 Å². The molecule has 0 aliphatic carbocycles. The third-order valence-electron chi connectivity index (χ3n) is 3.17. The van der Waals surface area contributed by atoms with Crippen LogP contribution in [0.25, 0.3) is 0 Å². The number of hydrogen-bond acceptors (Lipinski definition) is 2. The maximum Gasteiger partial charge on any atom is 0.198 e. The van der Waals surface area contributed by atoms with Gasteiger partial charge in [0.25, 0.3) is 0 Å². The second-order valence-corrected chi connectivity index (χ2v) is 5.43. The van der Waals surface area contributed by atoms with E-state index in [1.807, 2.05) is 13.8 Å². The van der Waals surface area contributed by atoms with E-state index in [9.17, 15) is 8.78 Å². The van der Waals surface area contributed by atoms with E-state index in [0.717, 1.165) is 0 Å². The van der Waals surface area contributed by atoms with Gasteiger partial charge < -0.3 is 10.5 Å². The molecule has 21 heavy (non-hydrogen) atoms. The first kappa shape index (κ1) is 15.4. The van der Waals surface area contributed by atoms with Gasteiger partial charge in [0.05, 0.1) is 0 Å². The molecule has 0 aromatic heterocycles. The van der Waals surface area contributed by atoms with Gasteiger partial charge in [-0.2, -0.15) is 0 Å². The van der Waals surface area contributed by atoms with Crippen molar-refractivity contribution >= 4 is 0 Å². The fourth-order valence-electron chi connectivity index (χ4n) is 2.17. The molecule has 0 spiro atoms. The quantitative estimate of drug-likeness (QED) is 0.858. The first-order valence-electron chi connectivity index (χ1n) is 6.95. The molecule has 0 radical (unpaired) electrons. The number of para-hydroxylation sites is 1. The summed E-state index contributed by atoms with van der Waals surface area (Å²) in [5.74, 6) is -1.17. The van der Waals surface area contributed by atoms with Crippen LogP contribution in [0.5, 0.6) is 11.5 Å². The molecule has 0 fully saturated rings. The molecule has 2 nitrogen and oxygen atoms in total. The average molecular weight is 291 g/mol. The van der Waals surface area contributed by atoms with Crippen molar-refractivity contribution in [3.63, 3.8) is 0 Å². The Bertz CT molecular complexity index is 599. The van der Waals surface area contributed by atoms with Gasteiger partial charge in [-0.05, 0) is 30.5 Å². The molecule has 2 aromatic rings. The zero-order valence-corrected chi connectivity index (χ0v) is 12.1.